The second kappa shape index (κ2) is 8.21. The van der Waals surface area contributed by atoms with E-state index < -0.39 is 10.0 Å². The maximum absolute atomic E-state index is 12.1. The SMILES string of the molecule is CCN[C@H](C)CNS(=O)(=O)c1ccc(C)cc1Br.Cl. The van der Waals surface area contributed by atoms with Gasteiger partial charge in [0.2, 0.25) is 10.0 Å². The van der Waals surface area contributed by atoms with Crippen LogP contribution in [-0.4, -0.2) is 27.5 Å². The van der Waals surface area contributed by atoms with Crippen molar-refractivity contribution in [2.45, 2.75) is 31.7 Å². The van der Waals surface area contributed by atoms with E-state index in [0.29, 0.717) is 11.0 Å². The molecule has 0 bridgehead atoms. The Balaban J connectivity index is 0.00000324. The lowest BCUT2D eigenvalue weighted by molar-refractivity contribution is 0.536. The molecule has 0 radical (unpaired) electrons. The molecule has 4 nitrogen and oxygen atoms in total. The second-order valence-corrected chi connectivity index (χ2v) is 6.83. The number of hydrogen-bond donors (Lipinski definition) is 2. The number of rotatable bonds is 6. The quantitative estimate of drug-likeness (QED) is 0.807. The van der Waals surface area contributed by atoms with Gasteiger partial charge < -0.3 is 5.32 Å². The predicted molar refractivity (Wildman–Crippen MR) is 84.5 cm³/mol. The number of benzene rings is 1. The maximum atomic E-state index is 12.1. The van der Waals surface area contributed by atoms with Gasteiger partial charge in [0.05, 0.1) is 4.90 Å². The van der Waals surface area contributed by atoms with Crippen molar-refractivity contribution in [1.82, 2.24) is 10.0 Å². The molecule has 1 rings (SSSR count). The van der Waals surface area contributed by atoms with Crippen molar-refractivity contribution in [3.63, 3.8) is 0 Å². The van der Waals surface area contributed by atoms with E-state index in [-0.39, 0.29) is 23.3 Å². The summed E-state index contributed by atoms with van der Waals surface area (Å²) in [4.78, 5) is 0.275. The Hall–Kier alpha value is -0.140. The number of sulfonamides is 1. The van der Waals surface area contributed by atoms with Crippen molar-refractivity contribution in [3.8, 4) is 0 Å². The zero-order valence-electron chi connectivity index (χ0n) is 11.2. The summed E-state index contributed by atoms with van der Waals surface area (Å²) >= 11 is 3.29. The predicted octanol–water partition coefficient (Wildman–Crippen LogP) is 2.46. The van der Waals surface area contributed by atoms with Gasteiger partial charge in [-0.25, -0.2) is 13.1 Å². The van der Waals surface area contributed by atoms with Crippen LogP contribution in [0.15, 0.2) is 27.6 Å². The lowest BCUT2D eigenvalue weighted by Gasteiger charge is -2.14. The van der Waals surface area contributed by atoms with Crippen molar-refractivity contribution in [2.75, 3.05) is 13.1 Å². The van der Waals surface area contributed by atoms with Gasteiger partial charge in [0.1, 0.15) is 0 Å². The van der Waals surface area contributed by atoms with E-state index in [9.17, 15) is 8.42 Å². The molecule has 0 aliphatic heterocycles. The molecule has 0 heterocycles. The highest BCUT2D eigenvalue weighted by atomic mass is 79.9. The minimum atomic E-state index is -3.46. The molecule has 0 fully saturated rings. The Morgan fingerprint density at radius 3 is 2.53 bits per heavy atom. The fourth-order valence-corrected chi connectivity index (χ4v) is 3.88. The molecule has 0 amide bonds. The number of nitrogens with one attached hydrogen (secondary N) is 2. The van der Waals surface area contributed by atoms with Crippen LogP contribution in [0.2, 0.25) is 0 Å². The smallest absolute Gasteiger partial charge is 0.241 e. The van der Waals surface area contributed by atoms with Crippen molar-refractivity contribution < 1.29 is 8.42 Å². The second-order valence-electron chi connectivity index (χ2n) is 4.24. The van der Waals surface area contributed by atoms with Gasteiger partial charge in [-0.15, -0.1) is 12.4 Å². The molecule has 0 aliphatic carbocycles. The van der Waals surface area contributed by atoms with Crippen LogP contribution in [0.1, 0.15) is 19.4 Å². The maximum Gasteiger partial charge on any atom is 0.241 e. The minimum Gasteiger partial charge on any atom is -0.313 e. The first-order chi connectivity index (χ1) is 8.36. The van der Waals surface area contributed by atoms with Crippen LogP contribution in [-0.2, 0) is 10.0 Å². The summed E-state index contributed by atoms with van der Waals surface area (Å²) < 4.78 is 27.4. The average Bonchev–Trinajstić information content (AvgIpc) is 2.26. The zero-order valence-corrected chi connectivity index (χ0v) is 14.5. The highest BCUT2D eigenvalue weighted by Crippen LogP contribution is 2.22. The molecular weight excluding hydrogens is 352 g/mol. The van der Waals surface area contributed by atoms with E-state index in [4.69, 9.17) is 0 Å². The Morgan fingerprint density at radius 1 is 1.37 bits per heavy atom. The standard InChI is InChI=1S/C12H19BrN2O2S.ClH/c1-4-14-10(3)8-15-18(16,17)12-6-5-9(2)7-11(12)13;/h5-7,10,14-15H,4,8H2,1-3H3;1H/t10-;/m1./s1. The van der Waals surface area contributed by atoms with Gasteiger partial charge in [-0.3, -0.25) is 0 Å². The summed E-state index contributed by atoms with van der Waals surface area (Å²) in [6.07, 6.45) is 0. The molecular formula is C12H20BrClN2O2S. The largest absolute Gasteiger partial charge is 0.313 e. The first kappa shape index (κ1) is 18.9. The third kappa shape index (κ3) is 5.79. The van der Waals surface area contributed by atoms with E-state index >= 15 is 0 Å². The molecule has 7 heteroatoms. The van der Waals surface area contributed by atoms with Gasteiger partial charge >= 0.3 is 0 Å². The highest BCUT2D eigenvalue weighted by molar-refractivity contribution is 9.10. The van der Waals surface area contributed by atoms with Crippen LogP contribution < -0.4 is 10.0 Å². The van der Waals surface area contributed by atoms with Gasteiger partial charge in [0.25, 0.3) is 0 Å². The van der Waals surface area contributed by atoms with Gasteiger partial charge in [-0.2, -0.15) is 0 Å². The third-order valence-corrected chi connectivity index (χ3v) is 4.91. The van der Waals surface area contributed by atoms with Crippen molar-refractivity contribution in [2.24, 2.45) is 0 Å². The fourth-order valence-electron chi connectivity index (χ4n) is 1.56. The van der Waals surface area contributed by atoms with Gasteiger partial charge in [-0.05, 0) is 54.0 Å². The summed E-state index contributed by atoms with van der Waals surface area (Å²) in [6.45, 7) is 7.03. The molecule has 0 unspecified atom stereocenters. The van der Waals surface area contributed by atoms with Gasteiger partial charge in [0.15, 0.2) is 0 Å². The molecule has 0 saturated carbocycles. The Kier molecular flexibility index (Phi) is 8.15. The van der Waals surface area contributed by atoms with E-state index in [0.717, 1.165) is 12.1 Å². The van der Waals surface area contributed by atoms with Gasteiger partial charge in [-0.1, -0.05) is 13.0 Å². The summed E-state index contributed by atoms with van der Waals surface area (Å²) in [7, 11) is -3.46. The van der Waals surface area contributed by atoms with Crippen LogP contribution in [0.4, 0.5) is 0 Å². The number of aryl methyl sites for hydroxylation is 1. The molecule has 1 aromatic carbocycles. The summed E-state index contributed by atoms with van der Waals surface area (Å²) in [5, 5.41) is 3.15. The molecule has 1 atom stereocenters. The first-order valence-corrected chi connectivity index (χ1v) is 8.13. The highest BCUT2D eigenvalue weighted by Gasteiger charge is 2.17. The van der Waals surface area contributed by atoms with Crippen LogP contribution in [0, 0.1) is 6.92 Å². The molecule has 2 N–H and O–H groups in total. The van der Waals surface area contributed by atoms with Crippen LogP contribution in [0.3, 0.4) is 0 Å². The molecule has 110 valence electrons. The number of halogens is 2. The Bertz CT molecular complexity index is 508. The van der Waals surface area contributed by atoms with Crippen molar-refractivity contribution in [1.29, 1.82) is 0 Å². The van der Waals surface area contributed by atoms with E-state index in [1.54, 1.807) is 18.2 Å². The average molecular weight is 372 g/mol. The van der Waals surface area contributed by atoms with E-state index in [2.05, 4.69) is 26.0 Å². The topological polar surface area (TPSA) is 58.2 Å². The molecule has 0 saturated heterocycles. The van der Waals surface area contributed by atoms with Crippen molar-refractivity contribution >= 4 is 38.4 Å². The Morgan fingerprint density at radius 2 is 2.00 bits per heavy atom. The van der Waals surface area contributed by atoms with Crippen LogP contribution in [0.5, 0.6) is 0 Å². The van der Waals surface area contributed by atoms with Gasteiger partial charge in [0, 0.05) is 17.1 Å². The third-order valence-electron chi connectivity index (χ3n) is 2.51. The van der Waals surface area contributed by atoms with Crippen LogP contribution in [0.25, 0.3) is 0 Å². The number of likely N-dealkylation sites (N-methyl/N-ethyl adjacent to an activating group) is 1. The van der Waals surface area contributed by atoms with E-state index in [1.807, 2.05) is 20.8 Å². The molecule has 0 spiro atoms. The molecule has 0 aromatic heterocycles. The normalized spacial score (nSPS) is 12.8. The lowest BCUT2D eigenvalue weighted by atomic mass is 10.2. The molecule has 1 aromatic rings. The summed E-state index contributed by atoms with van der Waals surface area (Å²) in [6, 6.07) is 5.30. The Labute approximate surface area is 130 Å². The van der Waals surface area contributed by atoms with E-state index in [1.165, 1.54) is 0 Å². The molecule has 19 heavy (non-hydrogen) atoms. The minimum absolute atomic E-state index is 0. The molecule has 0 aliphatic rings. The van der Waals surface area contributed by atoms with Crippen molar-refractivity contribution in [3.05, 3.63) is 28.2 Å². The fraction of sp³-hybridized carbons (Fsp3) is 0.500. The zero-order chi connectivity index (χ0) is 13.8. The first-order valence-electron chi connectivity index (χ1n) is 5.86. The lowest BCUT2D eigenvalue weighted by Crippen LogP contribution is -2.38. The summed E-state index contributed by atoms with van der Waals surface area (Å²) in [5.41, 5.74) is 1.02. The van der Waals surface area contributed by atoms with Crippen LogP contribution >= 0.6 is 28.3 Å². The monoisotopic (exact) mass is 370 g/mol. The number of hydrogen-bond acceptors (Lipinski definition) is 3. The summed E-state index contributed by atoms with van der Waals surface area (Å²) in [5.74, 6) is 0.